The van der Waals surface area contributed by atoms with Gasteiger partial charge in [0, 0.05) is 19.3 Å². The molecule has 80 heavy (non-hydrogen) atoms. The van der Waals surface area contributed by atoms with E-state index in [4.69, 9.17) is 14.2 Å². The number of unbranched alkanes of at least 4 members (excludes halogenated alkanes) is 32. The van der Waals surface area contributed by atoms with Crippen LogP contribution in [0.25, 0.3) is 0 Å². The summed E-state index contributed by atoms with van der Waals surface area (Å²) in [5.41, 5.74) is 0. The topological polar surface area (TPSA) is 78.9 Å². The minimum absolute atomic E-state index is 0.0886. The molecule has 0 bridgehead atoms. The number of hydrogen-bond donors (Lipinski definition) is 0. The lowest BCUT2D eigenvalue weighted by Gasteiger charge is -2.18. The Kier molecular flexibility index (Phi) is 64.3. The SMILES string of the molecule is CC/C=C\C/C=C\C/C=C\C/C=C\CCCCCCCCCCCCC(=O)OCC(COC(=O)CCCCCCCCC/C=C\C/C=C\CCCCCC)OC(=O)CCCCCCCC/C=C\C/C=C\C/C=C\CCCCCCC. The largest absolute Gasteiger partial charge is 0.462 e. The van der Waals surface area contributed by atoms with Crippen LogP contribution in [0, 0.1) is 0 Å². The summed E-state index contributed by atoms with van der Waals surface area (Å²) in [6.07, 6.45) is 92.3. The maximum atomic E-state index is 13.0. The van der Waals surface area contributed by atoms with Gasteiger partial charge in [-0.15, -0.1) is 0 Å². The van der Waals surface area contributed by atoms with Gasteiger partial charge in [-0.2, -0.15) is 0 Å². The fourth-order valence-electron chi connectivity index (χ4n) is 9.41. The van der Waals surface area contributed by atoms with Crippen LogP contribution in [0.3, 0.4) is 0 Å². The summed E-state index contributed by atoms with van der Waals surface area (Å²) in [6.45, 7) is 6.51. The van der Waals surface area contributed by atoms with E-state index in [-0.39, 0.29) is 31.1 Å². The van der Waals surface area contributed by atoms with Crippen molar-refractivity contribution in [1.82, 2.24) is 0 Å². The zero-order valence-corrected chi connectivity index (χ0v) is 52.6. The van der Waals surface area contributed by atoms with Crippen molar-refractivity contribution in [1.29, 1.82) is 0 Å². The van der Waals surface area contributed by atoms with Crippen LogP contribution >= 0.6 is 0 Å². The summed E-state index contributed by atoms with van der Waals surface area (Å²) in [5, 5.41) is 0. The van der Waals surface area contributed by atoms with Crippen molar-refractivity contribution in [2.75, 3.05) is 13.2 Å². The molecular formula is C74H126O6. The van der Waals surface area contributed by atoms with Gasteiger partial charge < -0.3 is 14.2 Å². The highest BCUT2D eigenvalue weighted by Gasteiger charge is 2.19. The molecule has 1 atom stereocenters. The molecule has 6 nitrogen and oxygen atoms in total. The van der Waals surface area contributed by atoms with Crippen LogP contribution in [0.5, 0.6) is 0 Å². The number of allylic oxidation sites excluding steroid dienone is 18. The second-order valence-corrected chi connectivity index (χ2v) is 22.3. The van der Waals surface area contributed by atoms with Gasteiger partial charge in [-0.1, -0.05) is 284 Å². The maximum absolute atomic E-state index is 13.0. The van der Waals surface area contributed by atoms with E-state index < -0.39 is 6.10 Å². The van der Waals surface area contributed by atoms with Crippen LogP contribution in [0.2, 0.25) is 0 Å². The highest BCUT2D eigenvalue weighted by atomic mass is 16.6. The summed E-state index contributed by atoms with van der Waals surface area (Å²) < 4.78 is 17.0. The summed E-state index contributed by atoms with van der Waals surface area (Å²) in [4.78, 5) is 38.4. The molecule has 0 saturated heterocycles. The van der Waals surface area contributed by atoms with E-state index >= 15 is 0 Å². The standard InChI is InChI=1S/C74H126O6/c1-4-7-10-13-16-19-22-25-28-31-34-36-37-39-40-43-46-49-52-55-58-61-64-67-73(76)79-70-71(69-78-72(75)66-63-60-57-54-51-48-45-42-33-30-27-24-21-18-15-12-9-6-3)80-74(77)68-65-62-59-56-53-50-47-44-41-38-35-32-29-26-23-20-17-14-11-8-5-2/h7,10,16,19,21,23-26,28,30,32-36,41,44,71H,4-6,8-9,11-15,17-18,20,22,27,29,31,37-40,42-43,45-70H2,1-3H3/b10-7-,19-16-,24-21-,26-23-,28-25-,33-30-,35-32-,36-34-,44-41-. The summed E-state index contributed by atoms with van der Waals surface area (Å²) in [5.74, 6) is -0.902. The molecule has 1 unspecified atom stereocenters. The van der Waals surface area contributed by atoms with Gasteiger partial charge in [-0.25, -0.2) is 0 Å². The van der Waals surface area contributed by atoms with Crippen LogP contribution in [0.15, 0.2) is 109 Å². The fourth-order valence-corrected chi connectivity index (χ4v) is 9.41. The number of esters is 3. The Morgan fingerprint density at radius 2 is 0.487 bits per heavy atom. The third-order valence-corrected chi connectivity index (χ3v) is 14.5. The van der Waals surface area contributed by atoms with E-state index in [0.29, 0.717) is 19.3 Å². The number of carbonyl (C=O) groups is 3. The van der Waals surface area contributed by atoms with Crippen molar-refractivity contribution < 1.29 is 28.6 Å². The Bertz CT molecular complexity index is 1610. The second-order valence-electron chi connectivity index (χ2n) is 22.3. The van der Waals surface area contributed by atoms with Crippen LogP contribution < -0.4 is 0 Å². The predicted octanol–water partition coefficient (Wildman–Crippen LogP) is 23.4. The van der Waals surface area contributed by atoms with Gasteiger partial charge in [-0.05, 0) is 128 Å². The highest BCUT2D eigenvalue weighted by Crippen LogP contribution is 2.16. The molecule has 458 valence electrons. The molecule has 0 heterocycles. The van der Waals surface area contributed by atoms with Gasteiger partial charge in [0.1, 0.15) is 13.2 Å². The average molecular weight is 1110 g/mol. The van der Waals surface area contributed by atoms with Gasteiger partial charge in [0.05, 0.1) is 0 Å². The molecule has 0 radical (unpaired) electrons. The van der Waals surface area contributed by atoms with Crippen molar-refractivity contribution in [3.63, 3.8) is 0 Å². The van der Waals surface area contributed by atoms with E-state index in [2.05, 4.69) is 130 Å². The quantitative estimate of drug-likeness (QED) is 0.0261. The molecule has 0 N–H and O–H groups in total. The Balaban J connectivity index is 4.43. The molecule has 0 fully saturated rings. The smallest absolute Gasteiger partial charge is 0.306 e. The van der Waals surface area contributed by atoms with E-state index in [1.807, 2.05) is 0 Å². The van der Waals surface area contributed by atoms with Gasteiger partial charge in [0.15, 0.2) is 6.10 Å². The lowest BCUT2D eigenvalue weighted by Crippen LogP contribution is -2.30. The number of hydrogen-bond acceptors (Lipinski definition) is 6. The lowest BCUT2D eigenvalue weighted by molar-refractivity contribution is -0.167. The first-order valence-electron chi connectivity index (χ1n) is 33.9. The van der Waals surface area contributed by atoms with Crippen molar-refractivity contribution >= 4 is 17.9 Å². The van der Waals surface area contributed by atoms with Crippen LogP contribution in [0.4, 0.5) is 0 Å². The average Bonchev–Trinajstić information content (AvgIpc) is 3.46. The molecule has 0 aromatic heterocycles. The van der Waals surface area contributed by atoms with Crippen LogP contribution in [0.1, 0.15) is 323 Å². The first-order chi connectivity index (χ1) is 39.5. The van der Waals surface area contributed by atoms with Crippen LogP contribution in [-0.2, 0) is 28.6 Å². The molecule has 0 aliphatic carbocycles. The zero-order valence-electron chi connectivity index (χ0n) is 52.6. The molecule has 0 aromatic carbocycles. The van der Waals surface area contributed by atoms with E-state index in [0.717, 1.165) is 122 Å². The number of rotatable bonds is 61. The van der Waals surface area contributed by atoms with Crippen molar-refractivity contribution in [3.05, 3.63) is 109 Å². The van der Waals surface area contributed by atoms with E-state index in [1.54, 1.807) is 0 Å². The lowest BCUT2D eigenvalue weighted by atomic mass is 10.1. The van der Waals surface area contributed by atoms with Crippen molar-refractivity contribution in [2.45, 2.75) is 329 Å². The first kappa shape index (κ1) is 76.1. The maximum Gasteiger partial charge on any atom is 0.306 e. The third-order valence-electron chi connectivity index (χ3n) is 14.5. The first-order valence-corrected chi connectivity index (χ1v) is 33.9. The van der Waals surface area contributed by atoms with Crippen LogP contribution in [-0.4, -0.2) is 37.2 Å². The molecule has 0 spiro atoms. The Labute approximate surface area is 495 Å². The predicted molar refractivity (Wildman–Crippen MR) is 348 cm³/mol. The van der Waals surface area contributed by atoms with E-state index in [1.165, 1.54) is 161 Å². The highest BCUT2D eigenvalue weighted by molar-refractivity contribution is 5.71. The van der Waals surface area contributed by atoms with Crippen molar-refractivity contribution in [2.24, 2.45) is 0 Å². The summed E-state index contributed by atoms with van der Waals surface area (Å²) in [7, 11) is 0. The monoisotopic (exact) mass is 1110 g/mol. The zero-order chi connectivity index (χ0) is 57.8. The second kappa shape index (κ2) is 67.6. The number of carbonyl (C=O) groups excluding carboxylic acids is 3. The summed E-state index contributed by atoms with van der Waals surface area (Å²) >= 11 is 0. The molecule has 6 heteroatoms. The summed E-state index contributed by atoms with van der Waals surface area (Å²) in [6, 6.07) is 0. The minimum atomic E-state index is -0.794. The molecule has 0 saturated carbocycles. The number of ether oxygens (including phenoxy) is 3. The normalized spacial score (nSPS) is 12.8. The molecule has 0 aliphatic rings. The van der Waals surface area contributed by atoms with Crippen molar-refractivity contribution in [3.8, 4) is 0 Å². The third kappa shape index (κ3) is 64.9. The van der Waals surface area contributed by atoms with Gasteiger partial charge >= 0.3 is 17.9 Å². The van der Waals surface area contributed by atoms with Gasteiger partial charge in [0.25, 0.3) is 0 Å². The van der Waals surface area contributed by atoms with Gasteiger partial charge in [-0.3, -0.25) is 14.4 Å². The minimum Gasteiger partial charge on any atom is -0.462 e. The Morgan fingerprint density at radius 1 is 0.263 bits per heavy atom. The Hall–Kier alpha value is -3.93. The Morgan fingerprint density at radius 3 is 0.775 bits per heavy atom. The molecular weight excluding hydrogens is 985 g/mol. The molecule has 0 rings (SSSR count). The molecule has 0 aliphatic heterocycles. The van der Waals surface area contributed by atoms with E-state index in [9.17, 15) is 14.4 Å². The molecule has 0 amide bonds. The molecule has 0 aromatic rings. The fraction of sp³-hybridized carbons (Fsp3) is 0.716. The van der Waals surface area contributed by atoms with Gasteiger partial charge in [0.2, 0.25) is 0 Å².